The van der Waals surface area contributed by atoms with Crippen molar-refractivity contribution in [2.45, 2.75) is 13.5 Å². The summed E-state index contributed by atoms with van der Waals surface area (Å²) in [6, 6.07) is 9.36. The van der Waals surface area contributed by atoms with Gasteiger partial charge in [-0.15, -0.1) is 0 Å². The first-order chi connectivity index (χ1) is 15.0. The van der Waals surface area contributed by atoms with E-state index in [4.69, 9.17) is 0 Å². The Labute approximate surface area is 179 Å². The Kier molecular flexibility index (Phi) is 5.77. The number of imide groups is 1. The molecule has 0 atom stereocenters. The van der Waals surface area contributed by atoms with Gasteiger partial charge in [0.2, 0.25) is 0 Å². The minimum absolute atomic E-state index is 0.0635. The molecular formula is C22H23N5O4. The first kappa shape index (κ1) is 20.7. The molecule has 2 aliphatic rings. The monoisotopic (exact) mass is 421 g/mol. The molecule has 2 amide bonds. The van der Waals surface area contributed by atoms with Crippen molar-refractivity contribution in [2.75, 3.05) is 32.7 Å². The van der Waals surface area contributed by atoms with E-state index in [1.807, 2.05) is 11.0 Å². The number of likely N-dealkylation sites (N-methyl/N-ethyl adjacent to an activating group) is 1. The number of benzene rings is 1. The second-order valence-electron chi connectivity index (χ2n) is 7.51. The molecule has 160 valence electrons. The van der Waals surface area contributed by atoms with Crippen LogP contribution in [0, 0.1) is 10.1 Å². The van der Waals surface area contributed by atoms with Crippen LogP contribution in [0.15, 0.2) is 54.5 Å². The number of rotatable bonds is 6. The van der Waals surface area contributed by atoms with Gasteiger partial charge in [0.1, 0.15) is 5.70 Å². The van der Waals surface area contributed by atoms with Gasteiger partial charge in [-0.25, -0.2) is 0 Å². The zero-order valence-corrected chi connectivity index (χ0v) is 17.2. The normalized spacial score (nSPS) is 17.6. The van der Waals surface area contributed by atoms with Crippen molar-refractivity contribution in [1.82, 2.24) is 19.7 Å². The van der Waals surface area contributed by atoms with E-state index in [9.17, 15) is 19.7 Å². The minimum Gasteiger partial charge on any atom is -0.364 e. The van der Waals surface area contributed by atoms with E-state index in [1.54, 1.807) is 18.5 Å². The fourth-order valence-corrected chi connectivity index (χ4v) is 3.97. The lowest BCUT2D eigenvalue weighted by Crippen LogP contribution is -2.47. The number of amides is 2. The van der Waals surface area contributed by atoms with Crippen molar-refractivity contribution in [3.63, 3.8) is 0 Å². The van der Waals surface area contributed by atoms with E-state index in [1.165, 1.54) is 29.2 Å². The zero-order chi connectivity index (χ0) is 22.0. The number of nitro benzene ring substituents is 1. The molecule has 1 fully saturated rings. The molecule has 1 saturated heterocycles. The number of hydrogen-bond donors (Lipinski definition) is 0. The summed E-state index contributed by atoms with van der Waals surface area (Å²) in [4.78, 5) is 46.8. The molecule has 9 nitrogen and oxygen atoms in total. The maximum absolute atomic E-state index is 13.4. The summed E-state index contributed by atoms with van der Waals surface area (Å²) in [6.07, 6.45) is 3.26. The molecule has 31 heavy (non-hydrogen) atoms. The van der Waals surface area contributed by atoms with Crippen LogP contribution in [0.5, 0.6) is 0 Å². The Bertz CT molecular complexity index is 1030. The zero-order valence-electron chi connectivity index (χ0n) is 17.2. The molecule has 0 spiro atoms. The number of pyridine rings is 1. The van der Waals surface area contributed by atoms with Gasteiger partial charge in [-0.05, 0) is 35.9 Å². The van der Waals surface area contributed by atoms with Crippen LogP contribution in [0.2, 0.25) is 0 Å². The molecule has 0 unspecified atom stereocenters. The standard InChI is InChI=1S/C22H23N5O4/c1-2-24-10-12-25(13-11-24)20-19(17-5-7-18(8-6-17)27(30)31)21(28)26(22(20)29)15-16-4-3-9-23-14-16/h3-9,14H,2,10-13,15H2,1H3. The third-order valence-corrected chi connectivity index (χ3v) is 5.71. The Morgan fingerprint density at radius 2 is 1.74 bits per heavy atom. The van der Waals surface area contributed by atoms with Gasteiger partial charge in [0.05, 0.1) is 17.0 Å². The van der Waals surface area contributed by atoms with Crippen molar-refractivity contribution < 1.29 is 14.5 Å². The van der Waals surface area contributed by atoms with Crippen LogP contribution in [0.4, 0.5) is 5.69 Å². The van der Waals surface area contributed by atoms with E-state index in [0.29, 0.717) is 29.9 Å². The molecule has 0 N–H and O–H groups in total. The number of aromatic nitrogens is 1. The summed E-state index contributed by atoms with van der Waals surface area (Å²) >= 11 is 0. The lowest BCUT2D eigenvalue weighted by Gasteiger charge is -2.36. The van der Waals surface area contributed by atoms with Crippen LogP contribution in [0.3, 0.4) is 0 Å². The molecule has 1 aromatic heterocycles. The van der Waals surface area contributed by atoms with Crippen LogP contribution in [0.1, 0.15) is 18.1 Å². The van der Waals surface area contributed by atoms with Gasteiger partial charge in [0.15, 0.2) is 0 Å². The topological polar surface area (TPSA) is 99.9 Å². The molecule has 9 heteroatoms. The first-order valence-corrected chi connectivity index (χ1v) is 10.2. The highest BCUT2D eigenvalue weighted by Gasteiger charge is 2.42. The quantitative estimate of drug-likeness (QED) is 0.399. The Morgan fingerprint density at radius 3 is 2.32 bits per heavy atom. The summed E-state index contributed by atoms with van der Waals surface area (Å²) in [5.41, 5.74) is 1.87. The van der Waals surface area contributed by atoms with E-state index in [-0.39, 0.29) is 18.1 Å². The van der Waals surface area contributed by atoms with Crippen molar-refractivity contribution in [3.05, 3.63) is 75.7 Å². The van der Waals surface area contributed by atoms with Gasteiger partial charge in [-0.1, -0.05) is 13.0 Å². The fourth-order valence-electron chi connectivity index (χ4n) is 3.97. The van der Waals surface area contributed by atoms with Crippen LogP contribution < -0.4 is 0 Å². The van der Waals surface area contributed by atoms with E-state index < -0.39 is 10.8 Å². The van der Waals surface area contributed by atoms with Crippen LogP contribution in [-0.4, -0.2) is 69.1 Å². The predicted molar refractivity (Wildman–Crippen MR) is 113 cm³/mol. The second kappa shape index (κ2) is 8.65. The SMILES string of the molecule is CCN1CCN(C2=C(c3ccc([N+](=O)[O-])cc3)C(=O)N(Cc3cccnc3)C2=O)CC1. The number of piperazine rings is 1. The fraction of sp³-hybridized carbons (Fsp3) is 0.318. The molecule has 0 radical (unpaired) electrons. The number of non-ortho nitro benzene ring substituents is 1. The Morgan fingerprint density at radius 1 is 1.03 bits per heavy atom. The number of carbonyl (C=O) groups is 2. The van der Waals surface area contributed by atoms with Crippen molar-refractivity contribution in [1.29, 1.82) is 0 Å². The average molecular weight is 421 g/mol. The summed E-state index contributed by atoms with van der Waals surface area (Å²) in [5, 5.41) is 11.0. The van der Waals surface area contributed by atoms with Crippen molar-refractivity contribution in [2.24, 2.45) is 0 Å². The van der Waals surface area contributed by atoms with E-state index in [0.717, 1.165) is 25.2 Å². The van der Waals surface area contributed by atoms with Crippen LogP contribution in [0.25, 0.3) is 5.57 Å². The van der Waals surface area contributed by atoms with Crippen LogP contribution in [-0.2, 0) is 16.1 Å². The lowest BCUT2D eigenvalue weighted by molar-refractivity contribution is -0.384. The lowest BCUT2D eigenvalue weighted by atomic mass is 10.0. The molecule has 0 saturated carbocycles. The van der Waals surface area contributed by atoms with Gasteiger partial charge in [0.25, 0.3) is 17.5 Å². The summed E-state index contributed by atoms with van der Waals surface area (Å²) in [6.45, 7) is 6.04. The highest BCUT2D eigenvalue weighted by molar-refractivity contribution is 6.35. The second-order valence-corrected chi connectivity index (χ2v) is 7.51. The molecule has 0 aliphatic carbocycles. The number of nitrogens with zero attached hydrogens (tertiary/aromatic N) is 5. The highest BCUT2D eigenvalue weighted by Crippen LogP contribution is 2.33. The Balaban J connectivity index is 1.71. The molecule has 1 aromatic carbocycles. The molecule has 2 aliphatic heterocycles. The Hall–Kier alpha value is -3.59. The molecule has 3 heterocycles. The summed E-state index contributed by atoms with van der Waals surface area (Å²) < 4.78 is 0. The maximum atomic E-state index is 13.4. The van der Waals surface area contributed by atoms with Crippen molar-refractivity contribution >= 4 is 23.1 Å². The number of nitro groups is 1. The highest BCUT2D eigenvalue weighted by atomic mass is 16.6. The third kappa shape index (κ3) is 4.04. The molecule has 2 aromatic rings. The first-order valence-electron chi connectivity index (χ1n) is 10.2. The minimum atomic E-state index is -0.487. The van der Waals surface area contributed by atoms with Gasteiger partial charge in [-0.2, -0.15) is 0 Å². The molecule has 0 bridgehead atoms. The van der Waals surface area contributed by atoms with E-state index >= 15 is 0 Å². The number of hydrogen-bond acceptors (Lipinski definition) is 7. The maximum Gasteiger partial charge on any atom is 0.278 e. The van der Waals surface area contributed by atoms with Gasteiger partial charge >= 0.3 is 0 Å². The third-order valence-electron chi connectivity index (χ3n) is 5.71. The summed E-state index contributed by atoms with van der Waals surface area (Å²) in [5.74, 6) is -0.734. The average Bonchev–Trinajstić information content (AvgIpc) is 3.04. The summed E-state index contributed by atoms with van der Waals surface area (Å²) in [7, 11) is 0. The van der Waals surface area contributed by atoms with Gasteiger partial charge in [-0.3, -0.25) is 29.6 Å². The van der Waals surface area contributed by atoms with E-state index in [2.05, 4.69) is 16.8 Å². The largest absolute Gasteiger partial charge is 0.364 e. The molecular weight excluding hydrogens is 398 g/mol. The van der Waals surface area contributed by atoms with Gasteiger partial charge < -0.3 is 9.80 Å². The number of carbonyl (C=O) groups excluding carboxylic acids is 2. The van der Waals surface area contributed by atoms with Crippen LogP contribution >= 0.6 is 0 Å². The predicted octanol–water partition coefficient (Wildman–Crippen LogP) is 1.91. The van der Waals surface area contributed by atoms with Crippen molar-refractivity contribution in [3.8, 4) is 0 Å². The smallest absolute Gasteiger partial charge is 0.278 e. The molecule has 4 rings (SSSR count). The van der Waals surface area contributed by atoms with Gasteiger partial charge in [0, 0.05) is 50.7 Å².